The van der Waals surface area contributed by atoms with Gasteiger partial charge in [-0.15, -0.1) is 0 Å². The predicted octanol–water partition coefficient (Wildman–Crippen LogP) is 7.94. The van der Waals surface area contributed by atoms with Crippen molar-refractivity contribution in [2.24, 2.45) is 5.92 Å². The van der Waals surface area contributed by atoms with Gasteiger partial charge < -0.3 is 24.4 Å². The Balaban J connectivity index is 1.05. The van der Waals surface area contributed by atoms with Gasteiger partial charge in [0, 0.05) is 61.9 Å². The third kappa shape index (κ3) is 7.74. The fourth-order valence-electron chi connectivity index (χ4n) is 9.12. The molecule has 300 valence electrons. The third-order valence-electron chi connectivity index (χ3n) is 11.9. The van der Waals surface area contributed by atoms with E-state index in [4.69, 9.17) is 14.2 Å². The summed E-state index contributed by atoms with van der Waals surface area (Å²) in [6, 6.07) is 38.2. The molecular weight excluding hydrogens is 751 g/mol. The van der Waals surface area contributed by atoms with Crippen LogP contribution in [0.2, 0.25) is 0 Å². The Kier molecular flexibility index (Phi) is 11.4. The molecule has 0 aromatic heterocycles. The number of hydrogen-bond donors (Lipinski definition) is 2. The lowest BCUT2D eigenvalue weighted by atomic mass is 9.69. The minimum Gasteiger partial charge on any atom is -0.457 e. The number of hydrogen-bond acceptors (Lipinski definition) is 7. The number of nitrogens with zero attached hydrogens (tertiary/aromatic N) is 1. The van der Waals surface area contributed by atoms with Crippen LogP contribution in [0, 0.1) is 12.8 Å². The lowest BCUT2D eigenvalue weighted by Crippen LogP contribution is -2.56. The van der Waals surface area contributed by atoms with Crippen LogP contribution in [-0.4, -0.2) is 71.3 Å². The van der Waals surface area contributed by atoms with Crippen molar-refractivity contribution in [3.05, 3.63) is 149 Å². The maximum atomic E-state index is 14.5. The van der Waals surface area contributed by atoms with E-state index < -0.39 is 33.5 Å². The SMILES string of the molecule is COCCCCC1(CNC(=O)[C@H]2C[C@@H](NS(=O)(=O)c3ccccc3C)CN(C(=O)OCC3c4ccccc4-c4ccccc43)C2)c2ccccc2Oc2ccccc21. The highest BCUT2D eigenvalue weighted by Gasteiger charge is 2.43. The minimum absolute atomic E-state index is 0.0487. The molecule has 5 aromatic rings. The first kappa shape index (κ1) is 39.3. The Morgan fingerprint density at radius 2 is 1.40 bits per heavy atom. The largest absolute Gasteiger partial charge is 0.457 e. The summed E-state index contributed by atoms with van der Waals surface area (Å²) in [5, 5.41) is 3.29. The van der Waals surface area contributed by atoms with E-state index in [-0.39, 0.29) is 49.4 Å². The number of methoxy groups -OCH3 is 1. The number of piperidine rings is 1. The molecule has 2 heterocycles. The molecule has 0 bridgehead atoms. The van der Waals surface area contributed by atoms with Crippen LogP contribution in [0.1, 0.15) is 59.4 Å². The zero-order valence-electron chi connectivity index (χ0n) is 32.9. The monoisotopic (exact) mass is 799 g/mol. The zero-order chi connectivity index (χ0) is 40.3. The Morgan fingerprint density at radius 3 is 2.05 bits per heavy atom. The topological polar surface area (TPSA) is 123 Å². The van der Waals surface area contributed by atoms with Gasteiger partial charge in [0.1, 0.15) is 18.1 Å². The molecule has 0 saturated carbocycles. The molecule has 5 aromatic carbocycles. The van der Waals surface area contributed by atoms with Gasteiger partial charge in [-0.1, -0.05) is 103 Å². The molecule has 2 amide bonds. The van der Waals surface area contributed by atoms with Gasteiger partial charge in [0.2, 0.25) is 15.9 Å². The van der Waals surface area contributed by atoms with E-state index in [1.165, 1.54) is 4.90 Å². The minimum atomic E-state index is -3.99. The third-order valence-corrected chi connectivity index (χ3v) is 13.6. The fraction of sp³-hybridized carbons (Fsp3) is 0.319. The number of nitrogens with one attached hydrogen (secondary N) is 2. The van der Waals surface area contributed by atoms with Gasteiger partial charge in [-0.05, 0) is 78.6 Å². The van der Waals surface area contributed by atoms with E-state index in [1.54, 1.807) is 38.3 Å². The normalized spacial score (nSPS) is 17.9. The first-order valence-electron chi connectivity index (χ1n) is 20.0. The van der Waals surface area contributed by atoms with Crippen molar-refractivity contribution in [2.75, 3.05) is 40.0 Å². The molecule has 0 unspecified atom stereocenters. The van der Waals surface area contributed by atoms with Gasteiger partial charge in [-0.25, -0.2) is 17.9 Å². The van der Waals surface area contributed by atoms with Crippen LogP contribution in [0.25, 0.3) is 11.1 Å². The summed E-state index contributed by atoms with van der Waals surface area (Å²) >= 11 is 0. The van der Waals surface area contributed by atoms with E-state index >= 15 is 0 Å². The lowest BCUT2D eigenvalue weighted by molar-refractivity contribution is -0.127. The molecule has 8 rings (SSSR count). The van der Waals surface area contributed by atoms with E-state index in [1.807, 2.05) is 60.7 Å². The summed E-state index contributed by atoms with van der Waals surface area (Å²) in [6.07, 6.45) is 2.01. The molecule has 1 aliphatic carbocycles. The summed E-state index contributed by atoms with van der Waals surface area (Å²) in [6.45, 7) is 2.86. The molecule has 2 aliphatic heterocycles. The van der Waals surface area contributed by atoms with Gasteiger partial charge in [0.15, 0.2) is 0 Å². The average molecular weight is 800 g/mol. The molecule has 11 heteroatoms. The van der Waals surface area contributed by atoms with Crippen LogP contribution in [0.3, 0.4) is 0 Å². The highest BCUT2D eigenvalue weighted by atomic mass is 32.2. The molecule has 0 spiro atoms. The molecular formula is C47H49N3O7S. The molecule has 1 fully saturated rings. The smallest absolute Gasteiger partial charge is 0.409 e. The summed E-state index contributed by atoms with van der Waals surface area (Å²) in [7, 11) is -2.29. The Bertz CT molecular complexity index is 2330. The van der Waals surface area contributed by atoms with Crippen molar-refractivity contribution in [3.8, 4) is 22.6 Å². The fourth-order valence-corrected chi connectivity index (χ4v) is 10.6. The quantitative estimate of drug-likeness (QED) is 0.116. The Labute approximate surface area is 340 Å². The number of carbonyl (C=O) groups is 2. The summed E-state index contributed by atoms with van der Waals surface area (Å²) in [5.74, 6) is 0.337. The van der Waals surface area contributed by atoms with Crippen molar-refractivity contribution in [1.82, 2.24) is 14.9 Å². The summed E-state index contributed by atoms with van der Waals surface area (Å²) in [4.78, 5) is 30.2. The molecule has 2 atom stereocenters. The number of amides is 2. The maximum Gasteiger partial charge on any atom is 0.409 e. The summed E-state index contributed by atoms with van der Waals surface area (Å²) < 4.78 is 48.2. The number of likely N-dealkylation sites (tertiary alicyclic amines) is 1. The van der Waals surface area contributed by atoms with Gasteiger partial charge in [-0.3, -0.25) is 4.79 Å². The number of rotatable bonds is 13. The number of benzene rings is 5. The van der Waals surface area contributed by atoms with E-state index in [2.05, 4.69) is 46.4 Å². The number of aryl methyl sites for hydroxylation is 1. The first-order chi connectivity index (χ1) is 28.2. The number of fused-ring (bicyclic) bond motifs is 5. The second-order valence-electron chi connectivity index (χ2n) is 15.6. The second kappa shape index (κ2) is 16.8. The molecule has 58 heavy (non-hydrogen) atoms. The predicted molar refractivity (Wildman–Crippen MR) is 223 cm³/mol. The van der Waals surface area contributed by atoms with Gasteiger partial charge in [0.05, 0.1) is 10.8 Å². The summed E-state index contributed by atoms with van der Waals surface area (Å²) in [5.41, 5.74) is 6.37. The van der Waals surface area contributed by atoms with Gasteiger partial charge in [-0.2, -0.15) is 0 Å². The van der Waals surface area contributed by atoms with Crippen molar-refractivity contribution in [3.63, 3.8) is 0 Å². The molecule has 3 aliphatic rings. The van der Waals surface area contributed by atoms with Crippen LogP contribution in [-0.2, 0) is 29.7 Å². The van der Waals surface area contributed by atoms with E-state index in [0.717, 1.165) is 64.1 Å². The Hall–Kier alpha value is -5.49. The van der Waals surface area contributed by atoms with Crippen molar-refractivity contribution in [2.45, 2.75) is 54.9 Å². The van der Waals surface area contributed by atoms with Crippen molar-refractivity contribution >= 4 is 22.0 Å². The average Bonchev–Trinajstić information content (AvgIpc) is 3.56. The number of unbranched alkanes of at least 4 members (excludes halogenated alkanes) is 1. The van der Waals surface area contributed by atoms with Crippen LogP contribution in [0.5, 0.6) is 11.5 Å². The van der Waals surface area contributed by atoms with Crippen LogP contribution < -0.4 is 14.8 Å². The standard InChI is InChI=1S/C47H49N3O7S/c1-32-15-3-12-24-44(32)58(53,54)49-34-27-33(28-50(29-34)46(52)56-30-39-37-18-6-4-16-35(37)36-17-5-7-19-38(36)39)45(51)48-31-47(25-13-14-26-55-2)40-20-8-10-22-42(40)57-43-23-11-9-21-41(43)47/h3-12,15-24,33-34,39,49H,13-14,25-31H2,1-2H3,(H,48,51)/t33-,34+/m0/s1. The number of para-hydroxylation sites is 2. The number of sulfonamides is 1. The van der Waals surface area contributed by atoms with Crippen LogP contribution in [0.4, 0.5) is 4.79 Å². The molecule has 10 nitrogen and oxygen atoms in total. The van der Waals surface area contributed by atoms with Crippen LogP contribution >= 0.6 is 0 Å². The highest BCUT2D eigenvalue weighted by Crippen LogP contribution is 2.50. The van der Waals surface area contributed by atoms with Crippen LogP contribution in [0.15, 0.2) is 126 Å². The van der Waals surface area contributed by atoms with Crippen molar-refractivity contribution < 1.29 is 32.2 Å². The van der Waals surface area contributed by atoms with Crippen molar-refractivity contribution in [1.29, 1.82) is 0 Å². The highest BCUT2D eigenvalue weighted by molar-refractivity contribution is 7.89. The Morgan fingerprint density at radius 1 is 0.793 bits per heavy atom. The zero-order valence-corrected chi connectivity index (χ0v) is 33.7. The molecule has 0 radical (unpaired) electrons. The van der Waals surface area contributed by atoms with Gasteiger partial charge in [0.25, 0.3) is 0 Å². The maximum absolute atomic E-state index is 14.5. The van der Waals surface area contributed by atoms with E-state index in [9.17, 15) is 18.0 Å². The number of ether oxygens (including phenoxy) is 3. The molecule has 1 saturated heterocycles. The van der Waals surface area contributed by atoms with Gasteiger partial charge >= 0.3 is 6.09 Å². The van der Waals surface area contributed by atoms with E-state index in [0.29, 0.717) is 12.2 Å². The second-order valence-corrected chi connectivity index (χ2v) is 17.3. The lowest BCUT2D eigenvalue weighted by Gasteiger charge is -2.41. The molecule has 2 N–H and O–H groups in total. The number of carbonyl (C=O) groups excluding carboxylic acids is 2. The first-order valence-corrected chi connectivity index (χ1v) is 21.5.